The van der Waals surface area contributed by atoms with Gasteiger partial charge in [0.05, 0.1) is 5.88 Å². The number of alkyl halides is 1. The summed E-state index contributed by atoms with van der Waals surface area (Å²) < 4.78 is 28.6. The van der Waals surface area contributed by atoms with Gasteiger partial charge in [0, 0.05) is 38.1 Å². The maximum absolute atomic E-state index is 12.6. The van der Waals surface area contributed by atoms with E-state index in [2.05, 4.69) is 4.90 Å². The van der Waals surface area contributed by atoms with Crippen molar-refractivity contribution in [3.63, 3.8) is 0 Å². The van der Waals surface area contributed by atoms with E-state index >= 15 is 0 Å². The van der Waals surface area contributed by atoms with Crippen molar-refractivity contribution in [2.75, 3.05) is 27.2 Å². The lowest BCUT2D eigenvalue weighted by Crippen LogP contribution is -2.44. The molecule has 0 radical (unpaired) electrons. The minimum absolute atomic E-state index is 0.314. The molecule has 1 saturated heterocycles. The third-order valence-corrected chi connectivity index (χ3v) is 6.15. The van der Waals surface area contributed by atoms with Crippen LogP contribution in [0.1, 0.15) is 18.5 Å². The predicted molar refractivity (Wildman–Crippen MR) is 80.4 cm³/mol. The van der Waals surface area contributed by atoms with Crippen LogP contribution in [0.15, 0.2) is 17.2 Å². The van der Waals surface area contributed by atoms with E-state index in [-0.39, 0.29) is 0 Å². The predicted octanol–water partition coefficient (Wildman–Crippen LogP) is 1.48. The molecule has 1 aliphatic rings. The van der Waals surface area contributed by atoms with E-state index in [1.807, 2.05) is 21.1 Å². The van der Waals surface area contributed by atoms with Crippen LogP contribution in [-0.4, -0.2) is 55.4 Å². The number of hydrogen-bond donors (Lipinski definition) is 0. The van der Waals surface area contributed by atoms with Crippen molar-refractivity contribution < 1.29 is 8.42 Å². The van der Waals surface area contributed by atoms with Crippen LogP contribution in [0, 0.1) is 0 Å². The Bertz CT molecular complexity index is 560. The molecule has 0 atom stereocenters. The molecule has 20 heavy (non-hydrogen) atoms. The van der Waals surface area contributed by atoms with E-state index in [4.69, 9.17) is 11.6 Å². The Morgan fingerprint density at radius 3 is 2.40 bits per heavy atom. The molecule has 0 N–H and O–H groups in total. The quantitative estimate of drug-likeness (QED) is 0.790. The number of sulfonamides is 1. The van der Waals surface area contributed by atoms with Gasteiger partial charge in [0.25, 0.3) is 0 Å². The van der Waals surface area contributed by atoms with Gasteiger partial charge < -0.3 is 9.47 Å². The van der Waals surface area contributed by atoms with E-state index in [1.54, 1.807) is 21.1 Å². The third-order valence-electron chi connectivity index (χ3n) is 4.01. The fraction of sp³-hybridized carbons (Fsp3) is 0.692. The molecule has 5 nitrogen and oxygen atoms in total. The summed E-state index contributed by atoms with van der Waals surface area (Å²) in [5.41, 5.74) is 0.813. The summed E-state index contributed by atoms with van der Waals surface area (Å²) in [6.45, 7) is 1.16. The average molecular weight is 320 g/mol. The molecule has 0 unspecified atom stereocenters. The second kappa shape index (κ2) is 6.05. The molecule has 2 heterocycles. The van der Waals surface area contributed by atoms with Crippen molar-refractivity contribution in [2.24, 2.45) is 7.05 Å². The number of halogens is 1. The van der Waals surface area contributed by atoms with Gasteiger partial charge in [0.15, 0.2) is 0 Å². The summed E-state index contributed by atoms with van der Waals surface area (Å²) in [4.78, 5) is 2.51. The topological polar surface area (TPSA) is 45.6 Å². The monoisotopic (exact) mass is 319 g/mol. The molecule has 0 aliphatic carbocycles. The molecule has 1 aromatic rings. The average Bonchev–Trinajstić information content (AvgIpc) is 2.80. The van der Waals surface area contributed by atoms with Gasteiger partial charge in [-0.2, -0.15) is 4.31 Å². The SMILES string of the molecule is CN(C)C1CCN(S(=O)(=O)c2cc(CCl)n(C)c2)CC1. The Hall–Kier alpha value is -0.560. The summed E-state index contributed by atoms with van der Waals surface area (Å²) in [5, 5.41) is 0. The Morgan fingerprint density at radius 2 is 1.95 bits per heavy atom. The number of piperidine rings is 1. The maximum atomic E-state index is 12.6. The molecule has 0 bridgehead atoms. The Morgan fingerprint density at radius 1 is 1.35 bits per heavy atom. The summed E-state index contributed by atoms with van der Waals surface area (Å²) >= 11 is 5.80. The van der Waals surface area contributed by atoms with Crippen molar-refractivity contribution in [3.05, 3.63) is 18.0 Å². The number of aryl methyl sites for hydroxylation is 1. The van der Waals surface area contributed by atoms with Gasteiger partial charge in [0.2, 0.25) is 10.0 Å². The molecule has 1 aromatic heterocycles. The van der Waals surface area contributed by atoms with Crippen molar-refractivity contribution in [3.8, 4) is 0 Å². The lowest BCUT2D eigenvalue weighted by molar-refractivity contribution is 0.196. The maximum Gasteiger partial charge on any atom is 0.244 e. The minimum Gasteiger partial charge on any atom is -0.352 e. The summed E-state index contributed by atoms with van der Waals surface area (Å²) in [7, 11) is 2.51. The molecule has 1 fully saturated rings. The zero-order valence-electron chi connectivity index (χ0n) is 12.2. The standard InChI is InChI=1S/C13H22ClN3O2S/c1-15(2)11-4-6-17(7-5-11)20(18,19)13-8-12(9-14)16(3)10-13/h8,10-11H,4-7,9H2,1-3H3. The van der Waals surface area contributed by atoms with Crippen LogP contribution in [0.2, 0.25) is 0 Å². The Labute approximate surface area is 126 Å². The fourth-order valence-electron chi connectivity index (χ4n) is 2.60. The number of aromatic nitrogens is 1. The van der Waals surface area contributed by atoms with Crippen LogP contribution in [0.25, 0.3) is 0 Å². The molecule has 1 aliphatic heterocycles. The first kappa shape index (κ1) is 15.8. The van der Waals surface area contributed by atoms with E-state index in [0.29, 0.717) is 29.9 Å². The van der Waals surface area contributed by atoms with E-state index in [1.165, 1.54) is 0 Å². The van der Waals surface area contributed by atoms with Gasteiger partial charge in [-0.15, -0.1) is 11.6 Å². The van der Waals surface area contributed by atoms with Crippen LogP contribution in [-0.2, 0) is 23.0 Å². The fourth-order valence-corrected chi connectivity index (χ4v) is 4.43. The molecule has 2 rings (SSSR count). The highest BCUT2D eigenvalue weighted by Crippen LogP contribution is 2.24. The van der Waals surface area contributed by atoms with Crippen molar-refractivity contribution >= 4 is 21.6 Å². The van der Waals surface area contributed by atoms with Crippen LogP contribution < -0.4 is 0 Å². The first-order valence-corrected chi connectivity index (χ1v) is 8.71. The normalized spacial score (nSPS) is 18.9. The molecule has 0 spiro atoms. The highest BCUT2D eigenvalue weighted by atomic mass is 35.5. The second-order valence-corrected chi connectivity index (χ2v) is 7.72. The molecule has 0 amide bonds. The van der Waals surface area contributed by atoms with Gasteiger partial charge >= 0.3 is 0 Å². The van der Waals surface area contributed by atoms with Crippen molar-refractivity contribution in [2.45, 2.75) is 29.7 Å². The first-order valence-electron chi connectivity index (χ1n) is 6.74. The largest absolute Gasteiger partial charge is 0.352 e. The highest BCUT2D eigenvalue weighted by molar-refractivity contribution is 7.89. The van der Waals surface area contributed by atoms with E-state index < -0.39 is 10.0 Å². The molecular formula is C13H22ClN3O2S. The Balaban J connectivity index is 2.15. The van der Waals surface area contributed by atoms with Crippen LogP contribution in [0.5, 0.6) is 0 Å². The number of nitrogens with zero attached hydrogens (tertiary/aromatic N) is 3. The smallest absolute Gasteiger partial charge is 0.244 e. The summed E-state index contributed by atoms with van der Waals surface area (Å²) in [6, 6.07) is 2.14. The lowest BCUT2D eigenvalue weighted by Gasteiger charge is -2.34. The van der Waals surface area contributed by atoms with Crippen LogP contribution in [0.3, 0.4) is 0 Å². The minimum atomic E-state index is -3.39. The lowest BCUT2D eigenvalue weighted by atomic mass is 10.1. The van der Waals surface area contributed by atoms with Crippen molar-refractivity contribution in [1.29, 1.82) is 0 Å². The summed E-state index contributed by atoms with van der Waals surface area (Å²) in [5.74, 6) is 0.314. The number of rotatable bonds is 4. The van der Waals surface area contributed by atoms with Gasteiger partial charge in [0.1, 0.15) is 4.90 Å². The molecule has 0 aromatic carbocycles. The molecule has 7 heteroatoms. The molecule has 114 valence electrons. The van der Waals surface area contributed by atoms with Crippen LogP contribution >= 0.6 is 11.6 Å². The Kier molecular flexibility index (Phi) is 4.79. The zero-order valence-corrected chi connectivity index (χ0v) is 13.8. The second-order valence-electron chi connectivity index (χ2n) is 5.51. The van der Waals surface area contributed by atoms with E-state index in [9.17, 15) is 8.42 Å². The van der Waals surface area contributed by atoms with Crippen LogP contribution in [0.4, 0.5) is 0 Å². The molecular weight excluding hydrogens is 298 g/mol. The van der Waals surface area contributed by atoms with Crippen molar-refractivity contribution in [1.82, 2.24) is 13.8 Å². The third kappa shape index (κ3) is 3.03. The molecule has 0 saturated carbocycles. The summed E-state index contributed by atoms with van der Waals surface area (Å²) in [6.07, 6.45) is 3.40. The zero-order chi connectivity index (χ0) is 14.9. The number of hydrogen-bond acceptors (Lipinski definition) is 3. The van der Waals surface area contributed by atoms with Gasteiger partial charge in [-0.3, -0.25) is 0 Å². The first-order chi connectivity index (χ1) is 9.36. The van der Waals surface area contributed by atoms with Gasteiger partial charge in [-0.25, -0.2) is 8.42 Å². The van der Waals surface area contributed by atoms with Gasteiger partial charge in [-0.05, 0) is 33.0 Å². The van der Waals surface area contributed by atoms with E-state index in [0.717, 1.165) is 18.5 Å². The van der Waals surface area contributed by atoms with Gasteiger partial charge in [-0.1, -0.05) is 0 Å². The highest BCUT2D eigenvalue weighted by Gasteiger charge is 2.30.